The highest BCUT2D eigenvalue weighted by Gasteiger charge is 2.10. The molecule has 1 aromatic carbocycles. The zero-order chi connectivity index (χ0) is 12.6. The van der Waals surface area contributed by atoms with E-state index in [1.807, 2.05) is 20.0 Å². The Hall–Kier alpha value is -1.28. The minimum atomic E-state index is 0.449. The Balaban J connectivity index is 2.74. The summed E-state index contributed by atoms with van der Waals surface area (Å²) in [5, 5.41) is 5.06. The molecule has 0 aliphatic heterocycles. The van der Waals surface area contributed by atoms with Crippen LogP contribution in [-0.4, -0.2) is 12.0 Å². The molecule has 0 spiro atoms. The van der Waals surface area contributed by atoms with E-state index in [2.05, 4.69) is 36.3 Å². The van der Waals surface area contributed by atoms with Crippen LogP contribution in [-0.2, 0) is 0 Å². The van der Waals surface area contributed by atoms with Crippen molar-refractivity contribution in [2.24, 2.45) is 0 Å². The van der Waals surface area contributed by atoms with E-state index in [1.165, 1.54) is 5.56 Å². The van der Waals surface area contributed by atoms with Crippen molar-refractivity contribution in [1.82, 2.24) is 4.98 Å². The normalized spacial score (nSPS) is 11.2. The van der Waals surface area contributed by atoms with Crippen LogP contribution in [0.2, 0.25) is 5.02 Å². The standard InChI is InChI=1S/C14H17ClN2/c1-8(2)11-6-10-5-9(3)12(15)7-13(10)17-14(11)16-4/h5-8H,1-4H3,(H,16,17). The highest BCUT2D eigenvalue weighted by molar-refractivity contribution is 6.32. The average molecular weight is 249 g/mol. The van der Waals surface area contributed by atoms with Crippen LogP contribution in [0.25, 0.3) is 10.9 Å². The first kappa shape index (κ1) is 12.2. The highest BCUT2D eigenvalue weighted by Crippen LogP contribution is 2.29. The first-order valence-corrected chi connectivity index (χ1v) is 6.19. The summed E-state index contributed by atoms with van der Waals surface area (Å²) in [5.74, 6) is 1.39. The molecular weight excluding hydrogens is 232 g/mol. The van der Waals surface area contributed by atoms with Crippen molar-refractivity contribution in [3.05, 3.63) is 34.3 Å². The highest BCUT2D eigenvalue weighted by atomic mass is 35.5. The van der Waals surface area contributed by atoms with Gasteiger partial charge in [0, 0.05) is 17.5 Å². The van der Waals surface area contributed by atoms with Crippen LogP contribution in [0.15, 0.2) is 18.2 Å². The number of benzene rings is 1. The van der Waals surface area contributed by atoms with E-state index in [0.717, 1.165) is 27.3 Å². The quantitative estimate of drug-likeness (QED) is 0.854. The molecule has 0 atom stereocenters. The predicted molar refractivity (Wildman–Crippen MR) is 75.1 cm³/mol. The molecule has 0 bridgehead atoms. The van der Waals surface area contributed by atoms with E-state index in [9.17, 15) is 0 Å². The lowest BCUT2D eigenvalue weighted by atomic mass is 10.0. The number of hydrogen-bond donors (Lipinski definition) is 1. The van der Waals surface area contributed by atoms with Crippen molar-refractivity contribution in [3.8, 4) is 0 Å². The number of halogens is 1. The summed E-state index contributed by atoms with van der Waals surface area (Å²) in [7, 11) is 1.90. The molecule has 2 rings (SSSR count). The van der Waals surface area contributed by atoms with Gasteiger partial charge in [-0.3, -0.25) is 0 Å². The zero-order valence-electron chi connectivity index (χ0n) is 10.6. The first-order chi connectivity index (χ1) is 8.02. The number of fused-ring (bicyclic) bond motifs is 1. The van der Waals surface area contributed by atoms with Gasteiger partial charge in [-0.15, -0.1) is 0 Å². The second-order valence-electron chi connectivity index (χ2n) is 4.62. The number of rotatable bonds is 2. The maximum Gasteiger partial charge on any atom is 0.129 e. The molecule has 0 unspecified atom stereocenters. The number of nitrogens with zero attached hydrogens (tertiary/aromatic N) is 1. The SMILES string of the molecule is CNc1nc2cc(Cl)c(C)cc2cc1C(C)C. The summed E-state index contributed by atoms with van der Waals surface area (Å²) in [6.07, 6.45) is 0. The molecular formula is C14H17ClN2. The number of nitrogens with one attached hydrogen (secondary N) is 1. The summed E-state index contributed by atoms with van der Waals surface area (Å²) in [4.78, 5) is 4.62. The van der Waals surface area contributed by atoms with Crippen LogP contribution < -0.4 is 5.32 Å². The van der Waals surface area contributed by atoms with Crippen molar-refractivity contribution in [3.63, 3.8) is 0 Å². The van der Waals surface area contributed by atoms with Crippen molar-refractivity contribution < 1.29 is 0 Å². The predicted octanol–water partition coefficient (Wildman–Crippen LogP) is 4.36. The molecule has 2 nitrogen and oxygen atoms in total. The van der Waals surface area contributed by atoms with Crippen LogP contribution in [0, 0.1) is 6.92 Å². The van der Waals surface area contributed by atoms with Crippen molar-refractivity contribution >= 4 is 28.3 Å². The maximum absolute atomic E-state index is 6.13. The van der Waals surface area contributed by atoms with Crippen LogP contribution >= 0.6 is 11.6 Å². The number of aryl methyl sites for hydroxylation is 1. The zero-order valence-corrected chi connectivity index (χ0v) is 11.4. The second-order valence-corrected chi connectivity index (χ2v) is 5.03. The Morgan fingerprint density at radius 1 is 1.24 bits per heavy atom. The molecule has 90 valence electrons. The van der Waals surface area contributed by atoms with Gasteiger partial charge in [0.1, 0.15) is 5.82 Å². The molecule has 0 saturated heterocycles. The second kappa shape index (κ2) is 4.53. The van der Waals surface area contributed by atoms with Crippen LogP contribution in [0.1, 0.15) is 30.9 Å². The lowest BCUT2D eigenvalue weighted by molar-refractivity contribution is 0.864. The van der Waals surface area contributed by atoms with E-state index in [4.69, 9.17) is 11.6 Å². The third-order valence-corrected chi connectivity index (χ3v) is 3.39. The molecule has 0 aliphatic carbocycles. The molecule has 1 N–H and O–H groups in total. The number of aromatic nitrogens is 1. The molecule has 0 saturated carbocycles. The molecule has 0 aliphatic rings. The molecule has 3 heteroatoms. The number of hydrogen-bond acceptors (Lipinski definition) is 2. The van der Waals surface area contributed by atoms with Crippen LogP contribution in [0.3, 0.4) is 0 Å². The van der Waals surface area contributed by atoms with Gasteiger partial charge in [0.2, 0.25) is 0 Å². The van der Waals surface area contributed by atoms with Crippen LogP contribution in [0.4, 0.5) is 5.82 Å². The smallest absolute Gasteiger partial charge is 0.129 e. The summed E-state index contributed by atoms with van der Waals surface area (Å²) >= 11 is 6.13. The van der Waals surface area contributed by atoms with Gasteiger partial charge < -0.3 is 5.32 Å². The summed E-state index contributed by atoms with van der Waals surface area (Å²) in [6, 6.07) is 6.22. The van der Waals surface area contributed by atoms with Crippen LogP contribution in [0.5, 0.6) is 0 Å². The fourth-order valence-electron chi connectivity index (χ4n) is 1.97. The molecule has 1 aromatic heterocycles. The third-order valence-electron chi connectivity index (χ3n) is 2.98. The topological polar surface area (TPSA) is 24.9 Å². The van der Waals surface area contributed by atoms with Gasteiger partial charge in [-0.1, -0.05) is 25.4 Å². The fourth-order valence-corrected chi connectivity index (χ4v) is 2.12. The first-order valence-electron chi connectivity index (χ1n) is 5.81. The molecule has 0 radical (unpaired) electrons. The van der Waals surface area contributed by atoms with Crippen molar-refractivity contribution in [2.45, 2.75) is 26.7 Å². The van der Waals surface area contributed by atoms with Crippen molar-refractivity contribution in [2.75, 3.05) is 12.4 Å². The summed E-state index contributed by atoms with van der Waals surface area (Å²) < 4.78 is 0. The van der Waals surface area contributed by atoms with Gasteiger partial charge in [0.05, 0.1) is 5.52 Å². The fraction of sp³-hybridized carbons (Fsp3) is 0.357. The monoisotopic (exact) mass is 248 g/mol. The molecule has 0 fully saturated rings. The Morgan fingerprint density at radius 3 is 2.53 bits per heavy atom. The lowest BCUT2D eigenvalue weighted by Crippen LogP contribution is -2.01. The van der Waals surface area contributed by atoms with Gasteiger partial charge in [-0.25, -0.2) is 4.98 Å². The third kappa shape index (κ3) is 2.22. The van der Waals surface area contributed by atoms with E-state index in [1.54, 1.807) is 0 Å². The molecule has 17 heavy (non-hydrogen) atoms. The maximum atomic E-state index is 6.13. The van der Waals surface area contributed by atoms with Gasteiger partial charge in [-0.05, 0) is 42.2 Å². The minimum Gasteiger partial charge on any atom is -0.373 e. The Bertz CT molecular complexity index is 562. The Morgan fingerprint density at radius 2 is 1.94 bits per heavy atom. The number of anilines is 1. The van der Waals surface area contributed by atoms with Gasteiger partial charge in [0.25, 0.3) is 0 Å². The van der Waals surface area contributed by atoms with E-state index in [0.29, 0.717) is 5.92 Å². The van der Waals surface area contributed by atoms with E-state index >= 15 is 0 Å². The van der Waals surface area contributed by atoms with E-state index < -0.39 is 0 Å². The largest absolute Gasteiger partial charge is 0.373 e. The minimum absolute atomic E-state index is 0.449. The van der Waals surface area contributed by atoms with Gasteiger partial charge >= 0.3 is 0 Å². The summed E-state index contributed by atoms with van der Waals surface area (Å²) in [6.45, 7) is 6.36. The Labute approximate surface area is 107 Å². The van der Waals surface area contributed by atoms with Crippen molar-refractivity contribution in [1.29, 1.82) is 0 Å². The number of pyridine rings is 1. The van der Waals surface area contributed by atoms with Gasteiger partial charge in [0.15, 0.2) is 0 Å². The Kier molecular flexibility index (Phi) is 3.25. The lowest BCUT2D eigenvalue weighted by Gasteiger charge is -2.13. The molecule has 1 heterocycles. The molecule has 0 amide bonds. The average Bonchev–Trinajstić information content (AvgIpc) is 2.29. The molecule has 2 aromatic rings. The van der Waals surface area contributed by atoms with E-state index in [-0.39, 0.29) is 0 Å². The summed E-state index contributed by atoms with van der Waals surface area (Å²) in [5.41, 5.74) is 3.27. The van der Waals surface area contributed by atoms with Gasteiger partial charge in [-0.2, -0.15) is 0 Å².